The molecule has 1 heterocycles. The van der Waals surface area contributed by atoms with Gasteiger partial charge in [-0.05, 0) is 19.1 Å². The van der Waals surface area contributed by atoms with E-state index in [9.17, 15) is 8.42 Å². The number of halogens is 1. The molecule has 0 aliphatic carbocycles. The maximum Gasteiger partial charge on any atom is 0.191 e. The van der Waals surface area contributed by atoms with Gasteiger partial charge in [0.15, 0.2) is 15.8 Å². The molecule has 0 atom stereocenters. The molecule has 21 heavy (non-hydrogen) atoms. The van der Waals surface area contributed by atoms with Crippen molar-refractivity contribution in [1.82, 2.24) is 15.6 Å². The Bertz CT molecular complexity index is 520. The Morgan fingerprint density at radius 3 is 2.62 bits per heavy atom. The van der Waals surface area contributed by atoms with E-state index in [-0.39, 0.29) is 35.5 Å². The lowest BCUT2D eigenvalue weighted by Gasteiger charge is -2.11. The maximum atomic E-state index is 11.4. The summed E-state index contributed by atoms with van der Waals surface area (Å²) in [6.45, 7) is 5.13. The molecule has 0 aliphatic rings. The van der Waals surface area contributed by atoms with Gasteiger partial charge in [0.2, 0.25) is 0 Å². The molecule has 1 aromatic rings. The quantitative estimate of drug-likeness (QED) is 0.389. The Morgan fingerprint density at radius 1 is 1.29 bits per heavy atom. The largest absolute Gasteiger partial charge is 0.357 e. The molecule has 8 heteroatoms. The molecule has 0 saturated carbocycles. The number of hydrogen-bond donors (Lipinski definition) is 2. The molecule has 0 aliphatic heterocycles. The van der Waals surface area contributed by atoms with E-state index in [2.05, 4.69) is 20.6 Å². The average Bonchev–Trinajstić information content (AvgIpc) is 2.46. The molecule has 0 saturated heterocycles. The van der Waals surface area contributed by atoms with E-state index in [4.69, 9.17) is 0 Å². The summed E-state index contributed by atoms with van der Waals surface area (Å²) in [6, 6.07) is 5.66. The van der Waals surface area contributed by atoms with Crippen LogP contribution in [-0.4, -0.2) is 44.0 Å². The Balaban J connectivity index is 0.00000400. The average molecular weight is 426 g/mol. The van der Waals surface area contributed by atoms with Crippen molar-refractivity contribution in [3.63, 3.8) is 0 Å². The second-order valence-corrected chi connectivity index (χ2v) is 6.65. The van der Waals surface area contributed by atoms with Crippen molar-refractivity contribution in [3.8, 4) is 0 Å². The molecule has 2 N–H and O–H groups in total. The third kappa shape index (κ3) is 8.86. The number of aliphatic imine (C=N–C) groups is 1. The van der Waals surface area contributed by atoms with Crippen LogP contribution in [0.15, 0.2) is 29.4 Å². The highest BCUT2D eigenvalue weighted by Crippen LogP contribution is 1.95. The number of sulfone groups is 1. The van der Waals surface area contributed by atoms with Crippen LogP contribution in [0.2, 0.25) is 0 Å². The molecule has 0 aromatic carbocycles. The molecule has 0 radical (unpaired) electrons. The number of pyridine rings is 1. The Labute approximate surface area is 143 Å². The highest BCUT2D eigenvalue weighted by Gasteiger charge is 2.07. The van der Waals surface area contributed by atoms with Crippen molar-refractivity contribution in [3.05, 3.63) is 30.1 Å². The van der Waals surface area contributed by atoms with Crippen LogP contribution in [-0.2, 0) is 16.4 Å². The highest BCUT2D eigenvalue weighted by atomic mass is 127. The fourth-order valence-electron chi connectivity index (χ4n) is 1.46. The van der Waals surface area contributed by atoms with Crippen molar-refractivity contribution in [2.75, 3.05) is 24.6 Å². The van der Waals surface area contributed by atoms with E-state index < -0.39 is 9.84 Å². The first kappa shape index (κ1) is 20.1. The summed E-state index contributed by atoms with van der Waals surface area (Å²) in [5.41, 5.74) is 0.867. The van der Waals surface area contributed by atoms with Crippen LogP contribution in [0.4, 0.5) is 0 Å². The molecule has 1 rings (SSSR count). The van der Waals surface area contributed by atoms with Crippen LogP contribution in [0, 0.1) is 0 Å². The van der Waals surface area contributed by atoms with Crippen LogP contribution >= 0.6 is 24.0 Å². The second kappa shape index (κ2) is 10.8. The third-order valence-corrected chi connectivity index (χ3v) is 4.32. The van der Waals surface area contributed by atoms with Gasteiger partial charge in [0, 0.05) is 25.0 Å². The van der Waals surface area contributed by atoms with Gasteiger partial charge in [-0.1, -0.05) is 13.0 Å². The number of hydrogen-bond acceptors (Lipinski definition) is 4. The lowest BCUT2D eigenvalue weighted by molar-refractivity contribution is 0.595. The topological polar surface area (TPSA) is 83.4 Å². The van der Waals surface area contributed by atoms with Gasteiger partial charge in [-0.25, -0.2) is 13.4 Å². The minimum absolute atomic E-state index is 0. The Kier molecular flexibility index (Phi) is 10.3. The highest BCUT2D eigenvalue weighted by molar-refractivity contribution is 14.0. The number of nitrogens with one attached hydrogen (secondary N) is 2. The molecule has 120 valence electrons. The zero-order valence-corrected chi connectivity index (χ0v) is 15.5. The number of nitrogens with zero attached hydrogens (tertiary/aromatic N) is 2. The normalized spacial score (nSPS) is 11.6. The summed E-state index contributed by atoms with van der Waals surface area (Å²) < 4.78 is 22.8. The molecular formula is C13H23IN4O2S. The summed E-state index contributed by atoms with van der Waals surface area (Å²) in [5, 5.41) is 6.09. The predicted molar refractivity (Wildman–Crippen MR) is 96.8 cm³/mol. The smallest absolute Gasteiger partial charge is 0.191 e. The van der Waals surface area contributed by atoms with E-state index in [0.29, 0.717) is 25.6 Å². The lowest BCUT2D eigenvalue weighted by atomic mass is 10.3. The molecule has 6 nitrogen and oxygen atoms in total. The van der Waals surface area contributed by atoms with Gasteiger partial charge in [-0.2, -0.15) is 0 Å². The Hall–Kier alpha value is -0.900. The summed E-state index contributed by atoms with van der Waals surface area (Å²) in [6.07, 6.45) is 1.72. The Morgan fingerprint density at radius 2 is 2.05 bits per heavy atom. The van der Waals surface area contributed by atoms with Gasteiger partial charge in [-0.3, -0.25) is 4.98 Å². The SMILES string of the molecule is CCNC(=NCc1ccccn1)NCCS(=O)(=O)CC.I. The number of aromatic nitrogens is 1. The second-order valence-electron chi connectivity index (χ2n) is 4.18. The summed E-state index contributed by atoms with van der Waals surface area (Å²) in [4.78, 5) is 8.55. The van der Waals surface area contributed by atoms with E-state index >= 15 is 0 Å². The van der Waals surface area contributed by atoms with Crippen LogP contribution in [0.3, 0.4) is 0 Å². The molecule has 0 unspecified atom stereocenters. The van der Waals surface area contributed by atoms with Gasteiger partial charge in [0.25, 0.3) is 0 Å². The van der Waals surface area contributed by atoms with Crippen LogP contribution in [0.1, 0.15) is 19.5 Å². The number of rotatable bonds is 7. The van der Waals surface area contributed by atoms with Gasteiger partial charge in [-0.15, -0.1) is 24.0 Å². The first-order valence-corrected chi connectivity index (χ1v) is 8.52. The predicted octanol–water partition coefficient (Wildman–Crippen LogP) is 1.19. The van der Waals surface area contributed by atoms with Crippen LogP contribution in [0.25, 0.3) is 0 Å². The van der Waals surface area contributed by atoms with Crippen molar-refractivity contribution in [2.24, 2.45) is 4.99 Å². The van der Waals surface area contributed by atoms with Crippen molar-refractivity contribution < 1.29 is 8.42 Å². The molecule has 0 spiro atoms. The minimum atomic E-state index is -2.95. The van der Waals surface area contributed by atoms with E-state index in [0.717, 1.165) is 5.69 Å². The number of guanidine groups is 1. The van der Waals surface area contributed by atoms with Crippen LogP contribution < -0.4 is 10.6 Å². The van der Waals surface area contributed by atoms with E-state index in [1.54, 1.807) is 13.1 Å². The summed E-state index contributed by atoms with van der Waals surface area (Å²) in [7, 11) is -2.95. The standard InChI is InChI=1S/C13H22N4O2S.HI/c1-3-14-13(16-9-10-20(18,19)4-2)17-11-12-7-5-6-8-15-12;/h5-8H,3-4,9-11H2,1-2H3,(H2,14,16,17);1H. The molecule has 0 bridgehead atoms. The fourth-order valence-corrected chi connectivity index (χ4v) is 2.16. The molecule has 1 aromatic heterocycles. The summed E-state index contributed by atoms with van der Waals surface area (Å²) in [5.74, 6) is 0.873. The maximum absolute atomic E-state index is 11.4. The van der Waals surface area contributed by atoms with Crippen LogP contribution in [0.5, 0.6) is 0 Å². The molecule has 0 amide bonds. The van der Waals surface area contributed by atoms with E-state index in [1.165, 1.54) is 0 Å². The molecular weight excluding hydrogens is 403 g/mol. The first-order valence-electron chi connectivity index (χ1n) is 6.70. The fraction of sp³-hybridized carbons (Fsp3) is 0.538. The minimum Gasteiger partial charge on any atom is -0.357 e. The molecule has 0 fully saturated rings. The first-order chi connectivity index (χ1) is 9.57. The monoisotopic (exact) mass is 426 g/mol. The third-order valence-electron chi connectivity index (χ3n) is 2.61. The lowest BCUT2D eigenvalue weighted by Crippen LogP contribution is -2.39. The van der Waals surface area contributed by atoms with Crippen molar-refractivity contribution in [1.29, 1.82) is 0 Å². The van der Waals surface area contributed by atoms with Gasteiger partial charge in [0.05, 0.1) is 18.0 Å². The van der Waals surface area contributed by atoms with Gasteiger partial charge < -0.3 is 10.6 Å². The van der Waals surface area contributed by atoms with Gasteiger partial charge >= 0.3 is 0 Å². The van der Waals surface area contributed by atoms with Crippen molar-refractivity contribution >= 4 is 39.8 Å². The zero-order valence-electron chi connectivity index (χ0n) is 12.4. The van der Waals surface area contributed by atoms with E-state index in [1.807, 2.05) is 25.1 Å². The van der Waals surface area contributed by atoms with Gasteiger partial charge in [0.1, 0.15) is 0 Å². The van der Waals surface area contributed by atoms with Crippen molar-refractivity contribution in [2.45, 2.75) is 20.4 Å². The zero-order chi connectivity index (χ0) is 14.8. The summed E-state index contributed by atoms with van der Waals surface area (Å²) >= 11 is 0.